The van der Waals surface area contributed by atoms with Gasteiger partial charge in [0.05, 0.1) is 5.69 Å². The molecule has 0 saturated carbocycles. The number of aromatic nitrogens is 3. The van der Waals surface area contributed by atoms with Gasteiger partial charge in [0.1, 0.15) is 5.82 Å². The Bertz CT molecular complexity index is 543. The van der Waals surface area contributed by atoms with E-state index in [4.69, 9.17) is 5.11 Å². The quantitative estimate of drug-likeness (QED) is 0.808. The van der Waals surface area contributed by atoms with Crippen LogP contribution in [0, 0.1) is 5.82 Å². The zero-order valence-electron chi connectivity index (χ0n) is 11.5. The fourth-order valence-corrected chi connectivity index (χ4v) is 1.96. The summed E-state index contributed by atoms with van der Waals surface area (Å²) in [5, 5.41) is 20.0. The molecular weight excluding hydrogens is 259 g/mol. The van der Waals surface area contributed by atoms with E-state index in [2.05, 4.69) is 15.6 Å². The zero-order valence-corrected chi connectivity index (χ0v) is 11.5. The van der Waals surface area contributed by atoms with Gasteiger partial charge in [0, 0.05) is 37.5 Å². The average molecular weight is 278 g/mol. The van der Waals surface area contributed by atoms with Crippen molar-refractivity contribution in [2.24, 2.45) is 0 Å². The lowest BCUT2D eigenvalue weighted by molar-refractivity contribution is 0.276. The largest absolute Gasteiger partial charge is 0.396 e. The van der Waals surface area contributed by atoms with Crippen LogP contribution in [0.5, 0.6) is 0 Å². The maximum atomic E-state index is 13.6. The van der Waals surface area contributed by atoms with Crippen LogP contribution in [-0.4, -0.2) is 26.7 Å². The van der Waals surface area contributed by atoms with E-state index in [0.717, 1.165) is 5.69 Å². The molecule has 1 aromatic heterocycles. The average Bonchev–Trinajstić information content (AvgIpc) is 2.91. The van der Waals surface area contributed by atoms with Gasteiger partial charge < -0.3 is 10.4 Å². The van der Waals surface area contributed by atoms with Gasteiger partial charge in [-0.15, -0.1) is 5.10 Å². The van der Waals surface area contributed by atoms with Crippen LogP contribution in [0.15, 0.2) is 30.5 Å². The van der Waals surface area contributed by atoms with Crippen LogP contribution < -0.4 is 5.32 Å². The van der Waals surface area contributed by atoms with Gasteiger partial charge in [0.15, 0.2) is 0 Å². The summed E-state index contributed by atoms with van der Waals surface area (Å²) in [6.07, 6.45) is 2.48. The van der Waals surface area contributed by atoms with Crippen LogP contribution >= 0.6 is 0 Å². The Morgan fingerprint density at radius 3 is 2.95 bits per heavy atom. The molecule has 0 fully saturated rings. The van der Waals surface area contributed by atoms with Gasteiger partial charge >= 0.3 is 0 Å². The van der Waals surface area contributed by atoms with E-state index in [9.17, 15) is 4.39 Å². The maximum absolute atomic E-state index is 13.6. The number of halogens is 1. The molecule has 20 heavy (non-hydrogen) atoms. The first-order chi connectivity index (χ1) is 9.70. The van der Waals surface area contributed by atoms with Gasteiger partial charge in [-0.1, -0.05) is 23.4 Å². The predicted molar refractivity (Wildman–Crippen MR) is 73.4 cm³/mol. The van der Waals surface area contributed by atoms with Crippen molar-refractivity contribution < 1.29 is 9.50 Å². The molecular formula is C14H19FN4O. The number of hydrogen-bond donors (Lipinski definition) is 2. The predicted octanol–water partition coefficient (Wildman–Crippen LogP) is 1.65. The van der Waals surface area contributed by atoms with Crippen LogP contribution in [0.3, 0.4) is 0 Å². The topological polar surface area (TPSA) is 63.0 Å². The summed E-state index contributed by atoms with van der Waals surface area (Å²) in [6.45, 7) is 3.22. The number of benzene rings is 1. The molecule has 0 unspecified atom stereocenters. The third-order valence-electron chi connectivity index (χ3n) is 3.09. The Hall–Kier alpha value is -1.79. The minimum absolute atomic E-state index is 0.0983. The van der Waals surface area contributed by atoms with E-state index in [1.807, 2.05) is 19.2 Å². The number of nitrogens with one attached hydrogen (secondary N) is 1. The minimum Gasteiger partial charge on any atom is -0.396 e. The van der Waals surface area contributed by atoms with Crippen LogP contribution in [0.4, 0.5) is 4.39 Å². The fraction of sp³-hybridized carbons (Fsp3) is 0.429. The van der Waals surface area contributed by atoms with Gasteiger partial charge in [0.25, 0.3) is 0 Å². The molecule has 0 aliphatic rings. The normalized spacial score (nSPS) is 12.6. The van der Waals surface area contributed by atoms with Gasteiger partial charge in [0.2, 0.25) is 0 Å². The molecule has 0 aliphatic carbocycles. The summed E-state index contributed by atoms with van der Waals surface area (Å²) < 4.78 is 15.3. The molecule has 2 rings (SSSR count). The molecule has 0 saturated heterocycles. The third kappa shape index (κ3) is 3.85. The van der Waals surface area contributed by atoms with Gasteiger partial charge in [-0.2, -0.15) is 0 Å². The summed E-state index contributed by atoms with van der Waals surface area (Å²) in [6, 6.07) is 6.63. The molecule has 6 heteroatoms. The minimum atomic E-state index is -0.209. The van der Waals surface area contributed by atoms with E-state index >= 15 is 0 Å². The van der Waals surface area contributed by atoms with Crippen molar-refractivity contribution in [1.29, 1.82) is 0 Å². The number of aryl methyl sites for hydroxylation is 1. The van der Waals surface area contributed by atoms with Crippen molar-refractivity contribution in [2.75, 3.05) is 6.61 Å². The highest BCUT2D eigenvalue weighted by atomic mass is 19.1. The highest BCUT2D eigenvalue weighted by molar-refractivity contribution is 5.20. The van der Waals surface area contributed by atoms with Gasteiger partial charge in [-0.3, -0.25) is 4.68 Å². The second-order valence-electron chi connectivity index (χ2n) is 4.67. The molecule has 5 nitrogen and oxygen atoms in total. The number of rotatable bonds is 7. The van der Waals surface area contributed by atoms with Crippen molar-refractivity contribution in [3.05, 3.63) is 47.5 Å². The lowest BCUT2D eigenvalue weighted by Gasteiger charge is -2.13. The second-order valence-corrected chi connectivity index (χ2v) is 4.67. The Balaban J connectivity index is 1.88. The number of aliphatic hydroxyl groups excluding tert-OH is 1. The van der Waals surface area contributed by atoms with E-state index in [1.165, 1.54) is 6.07 Å². The van der Waals surface area contributed by atoms with E-state index in [-0.39, 0.29) is 18.5 Å². The maximum Gasteiger partial charge on any atom is 0.127 e. The molecule has 0 aliphatic heterocycles. The Morgan fingerprint density at radius 2 is 2.20 bits per heavy atom. The molecule has 1 atom stereocenters. The number of hydrogen-bond acceptors (Lipinski definition) is 4. The highest BCUT2D eigenvalue weighted by Crippen LogP contribution is 2.16. The summed E-state index contributed by atoms with van der Waals surface area (Å²) in [4.78, 5) is 0. The van der Waals surface area contributed by atoms with Crippen LogP contribution in [0.25, 0.3) is 0 Å². The van der Waals surface area contributed by atoms with Crippen LogP contribution in [0.1, 0.15) is 30.6 Å². The first-order valence-corrected chi connectivity index (χ1v) is 6.68. The molecule has 2 aromatic rings. The van der Waals surface area contributed by atoms with E-state index in [1.54, 1.807) is 16.8 Å². The van der Waals surface area contributed by atoms with Crippen molar-refractivity contribution in [2.45, 2.75) is 32.5 Å². The summed E-state index contributed by atoms with van der Waals surface area (Å²) in [5.74, 6) is -0.209. The monoisotopic (exact) mass is 278 g/mol. The van der Waals surface area contributed by atoms with Crippen molar-refractivity contribution in [3.8, 4) is 0 Å². The Labute approximate surface area is 117 Å². The Morgan fingerprint density at radius 1 is 1.40 bits per heavy atom. The van der Waals surface area contributed by atoms with Gasteiger partial charge in [-0.05, 0) is 19.4 Å². The summed E-state index contributed by atoms with van der Waals surface area (Å²) in [5.41, 5.74) is 1.44. The van der Waals surface area contributed by atoms with Crippen molar-refractivity contribution in [3.63, 3.8) is 0 Å². The molecule has 1 aromatic carbocycles. The molecule has 108 valence electrons. The highest BCUT2D eigenvalue weighted by Gasteiger charge is 2.10. The van der Waals surface area contributed by atoms with Crippen LogP contribution in [-0.2, 0) is 13.1 Å². The van der Waals surface area contributed by atoms with Crippen LogP contribution in [0.2, 0.25) is 0 Å². The Kier molecular flexibility index (Phi) is 5.20. The molecule has 0 radical (unpaired) electrons. The lowest BCUT2D eigenvalue weighted by atomic mass is 10.1. The third-order valence-corrected chi connectivity index (χ3v) is 3.09. The molecule has 1 heterocycles. The van der Waals surface area contributed by atoms with E-state index < -0.39 is 0 Å². The van der Waals surface area contributed by atoms with E-state index in [0.29, 0.717) is 25.1 Å². The summed E-state index contributed by atoms with van der Waals surface area (Å²) in [7, 11) is 0. The fourth-order valence-electron chi connectivity index (χ4n) is 1.96. The molecule has 2 N–H and O–H groups in total. The second kappa shape index (κ2) is 7.12. The van der Waals surface area contributed by atoms with Gasteiger partial charge in [-0.25, -0.2) is 4.39 Å². The smallest absolute Gasteiger partial charge is 0.127 e. The molecule has 0 spiro atoms. The van der Waals surface area contributed by atoms with Crippen molar-refractivity contribution in [1.82, 2.24) is 20.3 Å². The first kappa shape index (κ1) is 14.6. The first-order valence-electron chi connectivity index (χ1n) is 6.68. The number of nitrogens with zero attached hydrogens (tertiary/aromatic N) is 3. The van der Waals surface area contributed by atoms with Crippen molar-refractivity contribution >= 4 is 0 Å². The SMILES string of the molecule is C[C@@H](NCc1cn(CCCO)nn1)c1ccccc1F. The summed E-state index contributed by atoms with van der Waals surface area (Å²) >= 11 is 0. The zero-order chi connectivity index (χ0) is 14.4. The lowest BCUT2D eigenvalue weighted by Crippen LogP contribution is -2.19. The standard InChI is InChI=1S/C14H19FN4O/c1-11(13-5-2-3-6-14(13)15)16-9-12-10-19(18-17-12)7-4-8-20/h2-3,5-6,10-11,16,20H,4,7-9H2,1H3/t11-/m1/s1. The molecule has 0 amide bonds. The number of aliphatic hydroxyl groups is 1. The molecule has 0 bridgehead atoms.